The smallest absolute Gasteiger partial charge is 0.221 e. The third kappa shape index (κ3) is 4.68. The van der Waals surface area contributed by atoms with E-state index in [0.717, 1.165) is 22.3 Å². The molecule has 0 unspecified atom stereocenters. The number of carbonyl (C=O) groups excluding carboxylic acids is 1. The van der Waals surface area contributed by atoms with E-state index in [1.54, 1.807) is 11.6 Å². The number of aryl methyl sites for hydroxylation is 1. The van der Waals surface area contributed by atoms with Gasteiger partial charge in [0.2, 0.25) is 6.41 Å². The van der Waals surface area contributed by atoms with Crippen molar-refractivity contribution in [3.05, 3.63) is 65.9 Å². The van der Waals surface area contributed by atoms with Crippen molar-refractivity contribution in [2.45, 2.75) is 13.5 Å². The molecular formula is C19H22N4O2. The van der Waals surface area contributed by atoms with Crippen molar-refractivity contribution < 1.29 is 9.53 Å². The fraction of sp³-hybridized carbons (Fsp3) is 0.158. The van der Waals surface area contributed by atoms with Crippen LogP contribution in [-0.4, -0.2) is 18.4 Å². The zero-order chi connectivity index (χ0) is 18.1. The summed E-state index contributed by atoms with van der Waals surface area (Å²) in [7, 11) is 1.93. The molecule has 0 aliphatic rings. The molecule has 0 aliphatic heterocycles. The van der Waals surface area contributed by atoms with Crippen molar-refractivity contribution in [3.63, 3.8) is 0 Å². The van der Waals surface area contributed by atoms with Crippen LogP contribution in [0.5, 0.6) is 5.75 Å². The van der Waals surface area contributed by atoms with Gasteiger partial charge in [-0.3, -0.25) is 15.2 Å². The molecule has 3 aromatic rings. The van der Waals surface area contributed by atoms with Crippen LogP contribution in [0, 0.1) is 6.92 Å². The number of hydrogen-bond acceptors (Lipinski definition) is 5. The monoisotopic (exact) mass is 338 g/mol. The molecule has 0 radical (unpaired) electrons. The summed E-state index contributed by atoms with van der Waals surface area (Å²) < 4.78 is 6.05. The lowest BCUT2D eigenvalue weighted by atomic mass is 10.1. The average molecular weight is 338 g/mol. The molecule has 0 atom stereocenters. The van der Waals surface area contributed by atoms with Gasteiger partial charge in [-0.1, -0.05) is 18.2 Å². The van der Waals surface area contributed by atoms with Crippen molar-refractivity contribution in [2.75, 3.05) is 12.4 Å². The Hall–Kier alpha value is -3.12. The number of anilines is 1. The van der Waals surface area contributed by atoms with Crippen LogP contribution in [0.2, 0.25) is 0 Å². The lowest BCUT2D eigenvalue weighted by Gasteiger charge is -2.14. The number of nitrogens with zero attached hydrogens (tertiary/aromatic N) is 1. The van der Waals surface area contributed by atoms with Gasteiger partial charge in [0.25, 0.3) is 0 Å². The Bertz CT molecular complexity index is 831. The zero-order valence-electron chi connectivity index (χ0n) is 14.3. The quantitative estimate of drug-likeness (QED) is 0.288. The van der Waals surface area contributed by atoms with E-state index in [1.165, 1.54) is 11.1 Å². The summed E-state index contributed by atoms with van der Waals surface area (Å²) in [6, 6.07) is 16.1. The van der Waals surface area contributed by atoms with E-state index < -0.39 is 0 Å². The Balaban J connectivity index is 0.000000511. The van der Waals surface area contributed by atoms with Crippen LogP contribution in [-0.2, 0) is 11.4 Å². The van der Waals surface area contributed by atoms with Gasteiger partial charge in [0.1, 0.15) is 12.4 Å². The van der Waals surface area contributed by atoms with Gasteiger partial charge in [-0.25, -0.2) is 5.84 Å². The van der Waals surface area contributed by atoms with Crippen LogP contribution in [0.1, 0.15) is 11.1 Å². The summed E-state index contributed by atoms with van der Waals surface area (Å²) in [6.07, 6.45) is 2.20. The highest BCUT2D eigenvalue weighted by Crippen LogP contribution is 2.26. The van der Waals surface area contributed by atoms with Gasteiger partial charge < -0.3 is 10.1 Å². The van der Waals surface area contributed by atoms with Gasteiger partial charge in [0.15, 0.2) is 0 Å². The van der Waals surface area contributed by atoms with Crippen LogP contribution in [0.4, 0.5) is 5.69 Å². The van der Waals surface area contributed by atoms with E-state index in [4.69, 9.17) is 9.53 Å². The largest absolute Gasteiger partial charge is 0.488 e. The fourth-order valence-corrected chi connectivity index (χ4v) is 2.48. The summed E-state index contributed by atoms with van der Waals surface area (Å²) in [5, 5.41) is 4.26. The van der Waals surface area contributed by atoms with Gasteiger partial charge >= 0.3 is 0 Å². The second-order valence-electron chi connectivity index (χ2n) is 5.25. The van der Waals surface area contributed by atoms with Crippen LogP contribution >= 0.6 is 0 Å². The standard InChI is InChI=1S/C18H18N2O.CH4N2O/c1-13-6-3-8-16(19-2)15(13)12-21-18-10-4-9-17-14(18)7-5-11-20-17;2-3-1-4/h3-11,19H,12H2,1-2H3;1H,2H2,(H,3,4). The van der Waals surface area contributed by atoms with Gasteiger partial charge in [-0.2, -0.15) is 0 Å². The number of carbonyl (C=O) groups is 1. The highest BCUT2D eigenvalue weighted by atomic mass is 16.5. The van der Waals surface area contributed by atoms with Crippen molar-refractivity contribution in [3.8, 4) is 5.75 Å². The second-order valence-corrected chi connectivity index (χ2v) is 5.25. The number of nitrogens with one attached hydrogen (secondary N) is 2. The normalized spacial score (nSPS) is 9.72. The van der Waals surface area contributed by atoms with E-state index in [9.17, 15) is 0 Å². The number of ether oxygens (including phenoxy) is 1. The second kappa shape index (κ2) is 9.24. The van der Waals surface area contributed by atoms with Gasteiger partial charge in [-0.15, -0.1) is 0 Å². The van der Waals surface area contributed by atoms with Crippen LogP contribution in [0.3, 0.4) is 0 Å². The SMILES string of the molecule is CNc1cccc(C)c1COc1cccc2ncccc12.NNC=O. The third-order valence-corrected chi connectivity index (χ3v) is 3.73. The molecule has 1 aromatic heterocycles. The molecule has 0 fully saturated rings. The number of fused-ring (bicyclic) bond motifs is 1. The Morgan fingerprint density at radius 1 is 1.16 bits per heavy atom. The molecule has 2 aromatic carbocycles. The molecule has 0 aliphatic carbocycles. The number of aromatic nitrogens is 1. The first-order chi connectivity index (χ1) is 12.2. The van der Waals surface area contributed by atoms with Gasteiger partial charge in [0, 0.05) is 29.9 Å². The Kier molecular flexibility index (Phi) is 6.74. The Morgan fingerprint density at radius 3 is 2.64 bits per heavy atom. The minimum atomic E-state index is 0.403. The van der Waals surface area contributed by atoms with Crippen LogP contribution in [0.25, 0.3) is 10.9 Å². The number of hydrazine groups is 1. The summed E-state index contributed by atoms with van der Waals surface area (Å²) >= 11 is 0. The number of rotatable bonds is 5. The predicted octanol–water partition coefficient (Wildman–Crippen LogP) is 2.77. The molecule has 3 rings (SSSR count). The molecular weight excluding hydrogens is 316 g/mol. The van der Waals surface area contributed by atoms with Crippen molar-refractivity contribution in [2.24, 2.45) is 5.84 Å². The first-order valence-electron chi connectivity index (χ1n) is 7.83. The number of hydrogen-bond donors (Lipinski definition) is 3. The Labute approximate surface area is 147 Å². The highest BCUT2D eigenvalue weighted by Gasteiger charge is 2.07. The third-order valence-electron chi connectivity index (χ3n) is 3.73. The van der Waals surface area contributed by atoms with Gasteiger partial charge in [-0.05, 0) is 42.8 Å². The summed E-state index contributed by atoms with van der Waals surface area (Å²) in [6.45, 7) is 2.64. The molecule has 0 saturated heterocycles. The van der Waals surface area contributed by atoms with E-state index in [-0.39, 0.29) is 0 Å². The lowest BCUT2D eigenvalue weighted by Crippen LogP contribution is -2.18. The van der Waals surface area contributed by atoms with Crippen molar-refractivity contribution in [1.29, 1.82) is 0 Å². The first kappa shape index (κ1) is 18.2. The van der Waals surface area contributed by atoms with E-state index in [1.807, 2.05) is 43.4 Å². The predicted molar refractivity (Wildman–Crippen MR) is 100 cm³/mol. The van der Waals surface area contributed by atoms with Gasteiger partial charge in [0.05, 0.1) is 5.52 Å². The highest BCUT2D eigenvalue weighted by molar-refractivity contribution is 5.84. The number of benzene rings is 2. The Morgan fingerprint density at radius 2 is 1.92 bits per heavy atom. The minimum absolute atomic E-state index is 0.403. The van der Waals surface area contributed by atoms with Crippen molar-refractivity contribution >= 4 is 23.0 Å². The summed E-state index contributed by atoms with van der Waals surface area (Å²) in [4.78, 5) is 13.3. The maximum absolute atomic E-state index is 8.94. The molecule has 1 amide bonds. The van der Waals surface area contributed by atoms with E-state index in [2.05, 4.69) is 35.2 Å². The van der Waals surface area contributed by atoms with E-state index >= 15 is 0 Å². The van der Waals surface area contributed by atoms with Crippen molar-refractivity contribution in [1.82, 2.24) is 10.4 Å². The molecule has 6 heteroatoms. The summed E-state index contributed by atoms with van der Waals surface area (Å²) in [5.74, 6) is 5.28. The molecule has 4 N–H and O–H groups in total. The topological polar surface area (TPSA) is 89.3 Å². The fourth-order valence-electron chi connectivity index (χ4n) is 2.48. The number of pyridine rings is 1. The number of nitrogens with two attached hydrogens (primary N) is 1. The molecule has 1 heterocycles. The maximum atomic E-state index is 8.94. The molecule has 0 spiro atoms. The van der Waals surface area contributed by atoms with Crippen LogP contribution in [0.15, 0.2) is 54.7 Å². The first-order valence-corrected chi connectivity index (χ1v) is 7.83. The maximum Gasteiger partial charge on any atom is 0.221 e. The number of amides is 1. The molecule has 6 nitrogen and oxygen atoms in total. The summed E-state index contributed by atoms with van der Waals surface area (Å²) in [5.41, 5.74) is 6.21. The lowest BCUT2D eigenvalue weighted by molar-refractivity contribution is -0.109. The van der Waals surface area contributed by atoms with Crippen LogP contribution < -0.4 is 21.3 Å². The molecule has 25 heavy (non-hydrogen) atoms. The average Bonchev–Trinajstić information content (AvgIpc) is 2.67. The van der Waals surface area contributed by atoms with E-state index in [0.29, 0.717) is 13.0 Å². The zero-order valence-corrected chi connectivity index (χ0v) is 14.3. The molecule has 0 bridgehead atoms. The minimum Gasteiger partial charge on any atom is -0.488 e. The molecule has 0 saturated carbocycles. The molecule has 130 valence electrons.